The number of nitrogens with zero attached hydrogens (tertiary/aromatic N) is 2. The molecule has 0 fully saturated rings. The Hall–Kier alpha value is -3.61. The van der Waals surface area contributed by atoms with Crippen LogP contribution in [0.3, 0.4) is 0 Å². The molecule has 1 unspecified atom stereocenters. The van der Waals surface area contributed by atoms with Gasteiger partial charge < -0.3 is 19.9 Å². The van der Waals surface area contributed by atoms with Crippen LogP contribution < -0.4 is 10.1 Å². The van der Waals surface area contributed by atoms with Crippen LogP contribution in [-0.4, -0.2) is 40.3 Å². The minimum Gasteiger partial charge on any atom is -0.497 e. The molecule has 2 heterocycles. The van der Waals surface area contributed by atoms with Gasteiger partial charge in [-0.3, -0.25) is 9.59 Å². The van der Waals surface area contributed by atoms with Crippen molar-refractivity contribution in [3.8, 4) is 5.75 Å². The SMILES string of the molecule is COc1ccc(C2CN(C(=O)c3ccc(NC(C)=O)c(C)c3)Cc3[nH]cnc32)cc1. The highest BCUT2D eigenvalue weighted by molar-refractivity contribution is 5.96. The Kier molecular flexibility index (Phi) is 5.27. The van der Waals surface area contributed by atoms with Crippen molar-refractivity contribution in [2.24, 2.45) is 0 Å². The van der Waals surface area contributed by atoms with Gasteiger partial charge in [-0.15, -0.1) is 0 Å². The van der Waals surface area contributed by atoms with Crippen LogP contribution >= 0.6 is 0 Å². The molecule has 1 aromatic heterocycles. The zero-order valence-electron chi connectivity index (χ0n) is 17.2. The van der Waals surface area contributed by atoms with Crippen molar-refractivity contribution in [3.63, 3.8) is 0 Å². The highest BCUT2D eigenvalue weighted by Gasteiger charge is 2.32. The number of carbonyl (C=O) groups excluding carboxylic acids is 2. The van der Waals surface area contributed by atoms with Gasteiger partial charge >= 0.3 is 0 Å². The number of rotatable bonds is 4. The molecule has 2 amide bonds. The lowest BCUT2D eigenvalue weighted by Crippen LogP contribution is -2.38. The van der Waals surface area contributed by atoms with Gasteiger partial charge in [-0.05, 0) is 48.4 Å². The van der Waals surface area contributed by atoms with E-state index in [2.05, 4.69) is 15.3 Å². The molecule has 0 radical (unpaired) electrons. The summed E-state index contributed by atoms with van der Waals surface area (Å²) in [5, 5.41) is 2.78. The van der Waals surface area contributed by atoms with E-state index < -0.39 is 0 Å². The number of aryl methyl sites for hydroxylation is 1. The molecule has 0 saturated carbocycles. The summed E-state index contributed by atoms with van der Waals surface area (Å²) in [6.45, 7) is 4.36. The first-order valence-corrected chi connectivity index (χ1v) is 9.80. The zero-order chi connectivity index (χ0) is 21.3. The first-order chi connectivity index (χ1) is 14.5. The normalized spacial score (nSPS) is 15.4. The second-order valence-corrected chi connectivity index (χ2v) is 7.49. The molecule has 1 aliphatic heterocycles. The molecule has 0 saturated heterocycles. The third kappa shape index (κ3) is 3.78. The zero-order valence-corrected chi connectivity index (χ0v) is 17.2. The van der Waals surface area contributed by atoms with E-state index in [1.807, 2.05) is 42.2 Å². The number of fused-ring (bicyclic) bond motifs is 1. The van der Waals surface area contributed by atoms with E-state index in [4.69, 9.17) is 4.74 Å². The third-order valence-corrected chi connectivity index (χ3v) is 5.42. The predicted octanol–water partition coefficient (Wildman–Crippen LogP) is 3.47. The fraction of sp³-hybridized carbons (Fsp3) is 0.261. The summed E-state index contributed by atoms with van der Waals surface area (Å²) in [5.74, 6) is 0.586. The van der Waals surface area contributed by atoms with E-state index in [-0.39, 0.29) is 17.7 Å². The first-order valence-electron chi connectivity index (χ1n) is 9.80. The Morgan fingerprint density at radius 3 is 2.63 bits per heavy atom. The molecule has 0 spiro atoms. The molecule has 154 valence electrons. The molecule has 0 aliphatic carbocycles. The lowest BCUT2D eigenvalue weighted by atomic mass is 9.90. The Labute approximate surface area is 175 Å². The average Bonchev–Trinajstić information content (AvgIpc) is 3.22. The lowest BCUT2D eigenvalue weighted by molar-refractivity contribution is -0.114. The Morgan fingerprint density at radius 2 is 1.97 bits per heavy atom. The van der Waals surface area contributed by atoms with Crippen molar-refractivity contribution in [2.45, 2.75) is 26.3 Å². The second-order valence-electron chi connectivity index (χ2n) is 7.49. The summed E-state index contributed by atoms with van der Waals surface area (Å²) in [4.78, 5) is 34.1. The number of ether oxygens (including phenoxy) is 1. The maximum atomic E-state index is 13.3. The molecule has 0 bridgehead atoms. The maximum absolute atomic E-state index is 13.3. The molecular formula is C23H24N4O3. The fourth-order valence-electron chi connectivity index (χ4n) is 3.88. The summed E-state index contributed by atoms with van der Waals surface area (Å²) in [6.07, 6.45) is 1.68. The average molecular weight is 404 g/mol. The first kappa shape index (κ1) is 19.7. The largest absolute Gasteiger partial charge is 0.497 e. The van der Waals surface area contributed by atoms with Crippen LogP contribution in [0, 0.1) is 6.92 Å². The van der Waals surface area contributed by atoms with Gasteiger partial charge in [0.15, 0.2) is 0 Å². The van der Waals surface area contributed by atoms with E-state index in [1.54, 1.807) is 25.6 Å². The monoisotopic (exact) mass is 404 g/mol. The number of benzene rings is 2. The van der Waals surface area contributed by atoms with Crippen LogP contribution in [0.4, 0.5) is 5.69 Å². The van der Waals surface area contributed by atoms with Gasteiger partial charge in [0.25, 0.3) is 5.91 Å². The molecule has 3 aromatic rings. The quantitative estimate of drug-likeness (QED) is 0.697. The van der Waals surface area contributed by atoms with Gasteiger partial charge in [-0.2, -0.15) is 0 Å². The minimum atomic E-state index is -0.137. The van der Waals surface area contributed by atoms with Gasteiger partial charge in [-0.1, -0.05) is 12.1 Å². The van der Waals surface area contributed by atoms with Crippen molar-refractivity contribution < 1.29 is 14.3 Å². The molecule has 30 heavy (non-hydrogen) atoms. The number of amides is 2. The molecule has 2 aromatic carbocycles. The van der Waals surface area contributed by atoms with Crippen LogP contribution in [0.5, 0.6) is 5.75 Å². The fourth-order valence-corrected chi connectivity index (χ4v) is 3.88. The number of methoxy groups -OCH3 is 1. The van der Waals surface area contributed by atoms with Gasteiger partial charge in [0, 0.05) is 30.6 Å². The third-order valence-electron chi connectivity index (χ3n) is 5.42. The highest BCUT2D eigenvalue weighted by atomic mass is 16.5. The standard InChI is InChI=1S/C23H24N4O3/c1-14-10-17(6-9-20(14)26-15(2)28)23(29)27-11-19(22-21(12-27)24-13-25-22)16-4-7-18(30-3)8-5-16/h4-10,13,19H,11-12H2,1-3H3,(H,24,25)(H,26,28). The number of anilines is 1. The summed E-state index contributed by atoms with van der Waals surface area (Å²) in [6, 6.07) is 13.2. The van der Waals surface area contributed by atoms with Crippen LogP contribution in [0.1, 0.15) is 45.7 Å². The maximum Gasteiger partial charge on any atom is 0.254 e. The van der Waals surface area contributed by atoms with Gasteiger partial charge in [0.2, 0.25) is 5.91 Å². The van der Waals surface area contributed by atoms with Crippen LogP contribution in [0.15, 0.2) is 48.8 Å². The van der Waals surface area contributed by atoms with E-state index in [9.17, 15) is 9.59 Å². The minimum absolute atomic E-state index is 0.0189. The van der Waals surface area contributed by atoms with Crippen molar-refractivity contribution in [1.82, 2.24) is 14.9 Å². The van der Waals surface area contributed by atoms with Crippen LogP contribution in [-0.2, 0) is 11.3 Å². The molecule has 7 heteroatoms. The number of hydrogen-bond acceptors (Lipinski definition) is 4. The number of nitrogens with one attached hydrogen (secondary N) is 2. The van der Waals surface area contributed by atoms with E-state index in [1.165, 1.54) is 6.92 Å². The van der Waals surface area contributed by atoms with Gasteiger partial charge in [0.05, 0.1) is 31.4 Å². The van der Waals surface area contributed by atoms with Crippen molar-refractivity contribution in [2.75, 3.05) is 19.0 Å². The van der Waals surface area contributed by atoms with Crippen molar-refractivity contribution >= 4 is 17.5 Å². The Morgan fingerprint density at radius 1 is 1.20 bits per heavy atom. The number of hydrogen-bond donors (Lipinski definition) is 2. The number of H-pyrrole nitrogens is 1. The molecule has 2 N–H and O–H groups in total. The summed E-state index contributed by atoms with van der Waals surface area (Å²) in [5.41, 5.74) is 5.16. The van der Waals surface area contributed by atoms with Crippen molar-refractivity contribution in [1.29, 1.82) is 0 Å². The topological polar surface area (TPSA) is 87.3 Å². The number of imidazole rings is 1. The Balaban J connectivity index is 1.61. The smallest absolute Gasteiger partial charge is 0.254 e. The van der Waals surface area contributed by atoms with Crippen molar-refractivity contribution in [3.05, 3.63) is 76.9 Å². The highest BCUT2D eigenvalue weighted by Crippen LogP contribution is 2.33. The predicted molar refractivity (Wildman–Crippen MR) is 114 cm³/mol. The molecule has 1 aliphatic rings. The van der Waals surface area contributed by atoms with E-state index in [0.29, 0.717) is 24.3 Å². The lowest BCUT2D eigenvalue weighted by Gasteiger charge is -2.32. The van der Waals surface area contributed by atoms with Crippen LogP contribution in [0.2, 0.25) is 0 Å². The van der Waals surface area contributed by atoms with Gasteiger partial charge in [0.1, 0.15) is 5.75 Å². The molecule has 7 nitrogen and oxygen atoms in total. The Bertz CT molecular complexity index is 1090. The number of carbonyl (C=O) groups is 2. The van der Waals surface area contributed by atoms with Crippen LogP contribution in [0.25, 0.3) is 0 Å². The van der Waals surface area contributed by atoms with E-state index in [0.717, 1.165) is 28.3 Å². The second kappa shape index (κ2) is 8.02. The summed E-state index contributed by atoms with van der Waals surface area (Å²) >= 11 is 0. The molecular weight excluding hydrogens is 380 g/mol. The van der Waals surface area contributed by atoms with Gasteiger partial charge in [-0.25, -0.2) is 4.98 Å². The number of aromatic amines is 1. The summed E-state index contributed by atoms with van der Waals surface area (Å²) < 4.78 is 5.26. The summed E-state index contributed by atoms with van der Waals surface area (Å²) in [7, 11) is 1.64. The molecule has 1 atom stereocenters. The number of aromatic nitrogens is 2. The van der Waals surface area contributed by atoms with E-state index >= 15 is 0 Å². The molecule has 4 rings (SSSR count).